The molecule has 4 aromatic carbocycles. The average Bonchev–Trinajstić information content (AvgIpc) is 3.47. The van der Waals surface area contributed by atoms with Crippen LogP contribution in [-0.4, -0.2) is 12.6 Å². The van der Waals surface area contributed by atoms with Crippen molar-refractivity contribution in [1.29, 1.82) is 0 Å². The van der Waals surface area contributed by atoms with E-state index in [-0.39, 0.29) is 5.97 Å². The summed E-state index contributed by atoms with van der Waals surface area (Å²) in [4.78, 5) is 13.7. The van der Waals surface area contributed by atoms with Crippen molar-refractivity contribution in [3.05, 3.63) is 155 Å². The van der Waals surface area contributed by atoms with E-state index in [9.17, 15) is 4.79 Å². The van der Waals surface area contributed by atoms with Crippen molar-refractivity contribution in [3.63, 3.8) is 0 Å². The molecule has 4 aromatic rings. The molecule has 0 N–H and O–H groups in total. The molecule has 2 bridgehead atoms. The van der Waals surface area contributed by atoms with Gasteiger partial charge in [0.2, 0.25) is 0 Å². The zero-order valence-corrected chi connectivity index (χ0v) is 20.4. The van der Waals surface area contributed by atoms with Gasteiger partial charge in [0.15, 0.2) is 0 Å². The molecule has 2 heteroatoms. The third kappa shape index (κ3) is 3.21. The molecular weight excluding hydrogens is 440 g/mol. The number of benzene rings is 4. The van der Waals surface area contributed by atoms with Crippen LogP contribution in [0.15, 0.2) is 133 Å². The molecule has 0 fully saturated rings. The summed E-state index contributed by atoms with van der Waals surface area (Å²) in [7, 11) is 0. The number of allylic oxidation sites excluding steroid dienone is 3. The van der Waals surface area contributed by atoms with Crippen molar-refractivity contribution in [3.8, 4) is 0 Å². The Morgan fingerprint density at radius 3 is 1.67 bits per heavy atom. The maximum Gasteiger partial charge on any atom is 0.334 e. The van der Waals surface area contributed by atoms with Gasteiger partial charge in [0.25, 0.3) is 0 Å². The average molecular weight is 469 g/mol. The first-order chi connectivity index (χ1) is 17.7. The zero-order chi connectivity index (χ0) is 24.6. The highest BCUT2D eigenvalue weighted by Crippen LogP contribution is 2.69. The number of hydrogen-bond donors (Lipinski definition) is 0. The number of carbonyl (C=O) groups excluding carboxylic acids is 1. The van der Waals surface area contributed by atoms with Crippen LogP contribution in [0.4, 0.5) is 0 Å². The number of carbonyl (C=O) groups is 1. The molecule has 6 rings (SSSR count). The van der Waals surface area contributed by atoms with Gasteiger partial charge in [0, 0.05) is 11.0 Å². The van der Waals surface area contributed by atoms with E-state index in [4.69, 9.17) is 4.74 Å². The quantitative estimate of drug-likeness (QED) is 0.276. The van der Waals surface area contributed by atoms with E-state index in [1.807, 2.05) is 19.1 Å². The van der Waals surface area contributed by atoms with E-state index in [1.165, 1.54) is 22.3 Å². The topological polar surface area (TPSA) is 26.3 Å². The van der Waals surface area contributed by atoms with E-state index in [0.29, 0.717) is 6.61 Å². The van der Waals surface area contributed by atoms with E-state index < -0.39 is 10.8 Å². The molecule has 0 radical (unpaired) electrons. The van der Waals surface area contributed by atoms with E-state index in [2.05, 4.69) is 115 Å². The van der Waals surface area contributed by atoms with Gasteiger partial charge in [-0.2, -0.15) is 0 Å². The molecule has 2 aliphatic rings. The van der Waals surface area contributed by atoms with Crippen LogP contribution in [0.5, 0.6) is 0 Å². The monoisotopic (exact) mass is 468 g/mol. The van der Waals surface area contributed by atoms with Gasteiger partial charge in [-0.05, 0) is 46.7 Å². The normalized spacial score (nSPS) is 22.4. The summed E-state index contributed by atoms with van der Waals surface area (Å²) >= 11 is 0. The van der Waals surface area contributed by atoms with Gasteiger partial charge >= 0.3 is 5.97 Å². The molecule has 0 aromatic heterocycles. The Kier molecular flexibility index (Phi) is 5.45. The van der Waals surface area contributed by atoms with Crippen LogP contribution in [0.2, 0.25) is 0 Å². The molecule has 176 valence electrons. The summed E-state index contributed by atoms with van der Waals surface area (Å²) in [5.41, 5.74) is 6.71. The molecule has 2 nitrogen and oxygen atoms in total. The van der Waals surface area contributed by atoms with Crippen LogP contribution in [0.25, 0.3) is 11.1 Å². The summed E-state index contributed by atoms with van der Waals surface area (Å²) in [5, 5.41) is 0. The highest BCUT2D eigenvalue weighted by atomic mass is 16.5. The van der Waals surface area contributed by atoms with Crippen molar-refractivity contribution in [2.45, 2.75) is 24.2 Å². The minimum absolute atomic E-state index is 0.236. The molecule has 0 saturated carbocycles. The van der Waals surface area contributed by atoms with Crippen LogP contribution in [0.3, 0.4) is 0 Å². The Balaban J connectivity index is 1.77. The zero-order valence-electron chi connectivity index (χ0n) is 20.4. The molecule has 0 spiro atoms. The lowest BCUT2D eigenvalue weighted by Gasteiger charge is -2.35. The van der Waals surface area contributed by atoms with E-state index in [1.54, 1.807) is 0 Å². The molecule has 0 unspecified atom stereocenters. The Morgan fingerprint density at radius 2 is 1.14 bits per heavy atom. The Bertz CT molecular complexity index is 1450. The van der Waals surface area contributed by atoms with Crippen LogP contribution in [0.1, 0.15) is 35.6 Å². The van der Waals surface area contributed by atoms with Gasteiger partial charge in [-0.25, -0.2) is 4.79 Å². The first-order valence-corrected chi connectivity index (χ1v) is 12.6. The first-order valence-electron chi connectivity index (χ1n) is 12.6. The molecular formula is C34H28O2. The number of esters is 1. The van der Waals surface area contributed by atoms with Crippen LogP contribution >= 0.6 is 0 Å². The summed E-state index contributed by atoms with van der Waals surface area (Å²) in [6, 6.07) is 42.3. The number of hydrogen-bond acceptors (Lipinski definition) is 2. The Labute approximate surface area is 212 Å². The number of ether oxygens (including phenoxy) is 1. The highest BCUT2D eigenvalue weighted by Gasteiger charge is 2.63. The van der Waals surface area contributed by atoms with Crippen LogP contribution < -0.4 is 0 Å². The van der Waals surface area contributed by atoms with Gasteiger partial charge in [0.1, 0.15) is 0 Å². The fourth-order valence-electron chi connectivity index (χ4n) is 6.39. The summed E-state index contributed by atoms with van der Waals surface area (Å²) in [6.07, 6.45) is 2.96. The molecule has 0 aliphatic heterocycles. The van der Waals surface area contributed by atoms with Gasteiger partial charge in [-0.15, -0.1) is 0 Å². The summed E-state index contributed by atoms with van der Waals surface area (Å²) < 4.78 is 5.70. The summed E-state index contributed by atoms with van der Waals surface area (Å²) in [5.74, 6) is -0.236. The molecule has 0 heterocycles. The largest absolute Gasteiger partial charge is 0.463 e. The second-order valence-corrected chi connectivity index (χ2v) is 9.55. The van der Waals surface area contributed by atoms with Crippen LogP contribution in [-0.2, 0) is 20.4 Å². The maximum absolute atomic E-state index is 13.7. The van der Waals surface area contributed by atoms with Crippen LogP contribution in [0, 0.1) is 0 Å². The SMILES string of the molecule is CCOC(=O)C1=C[C@]2(c3ccccc3)C[C@]1(c1ccccc1)C(c1ccccc1)=C2c1ccccc1. The molecule has 2 atom stereocenters. The predicted octanol–water partition coefficient (Wildman–Crippen LogP) is 7.38. The standard InChI is InChI=1S/C34H28O2/c1-2-36-32(35)29-23-33(27-19-11-5-12-20-27)24-34(29,28-21-13-6-14-22-28)31(26-17-9-4-10-18-26)30(33)25-15-7-3-8-16-25/h3-23H,2,24H2,1H3/t33-,34-/m1/s1. The summed E-state index contributed by atoms with van der Waals surface area (Å²) in [6.45, 7) is 2.21. The van der Waals surface area contributed by atoms with Gasteiger partial charge in [-0.3, -0.25) is 0 Å². The van der Waals surface area contributed by atoms with Gasteiger partial charge in [-0.1, -0.05) is 127 Å². The Morgan fingerprint density at radius 1 is 0.667 bits per heavy atom. The lowest BCUT2D eigenvalue weighted by atomic mass is 9.67. The molecule has 0 saturated heterocycles. The number of rotatable bonds is 6. The van der Waals surface area contributed by atoms with Crippen molar-refractivity contribution in [1.82, 2.24) is 0 Å². The van der Waals surface area contributed by atoms with Crippen molar-refractivity contribution in [2.75, 3.05) is 6.61 Å². The van der Waals surface area contributed by atoms with Gasteiger partial charge < -0.3 is 4.74 Å². The predicted molar refractivity (Wildman–Crippen MR) is 145 cm³/mol. The van der Waals surface area contributed by atoms with E-state index >= 15 is 0 Å². The smallest absolute Gasteiger partial charge is 0.334 e. The fourth-order valence-corrected chi connectivity index (χ4v) is 6.39. The first kappa shape index (κ1) is 22.3. The third-order valence-electron chi connectivity index (χ3n) is 7.69. The van der Waals surface area contributed by atoms with Crippen molar-refractivity contribution in [2.24, 2.45) is 0 Å². The molecule has 36 heavy (non-hydrogen) atoms. The third-order valence-corrected chi connectivity index (χ3v) is 7.69. The number of fused-ring (bicyclic) bond motifs is 2. The minimum atomic E-state index is -0.629. The Hall–Kier alpha value is -4.17. The van der Waals surface area contributed by atoms with Crippen molar-refractivity contribution >= 4 is 17.1 Å². The fraction of sp³-hybridized carbons (Fsp3) is 0.147. The maximum atomic E-state index is 13.7. The highest BCUT2D eigenvalue weighted by molar-refractivity contribution is 6.13. The molecule has 0 amide bonds. The second kappa shape index (κ2) is 8.80. The minimum Gasteiger partial charge on any atom is -0.463 e. The van der Waals surface area contributed by atoms with Gasteiger partial charge in [0.05, 0.1) is 12.0 Å². The second-order valence-electron chi connectivity index (χ2n) is 9.55. The lowest BCUT2D eigenvalue weighted by Crippen LogP contribution is -2.31. The molecule has 2 aliphatic carbocycles. The lowest BCUT2D eigenvalue weighted by molar-refractivity contribution is -0.139. The van der Waals surface area contributed by atoms with Crippen molar-refractivity contribution < 1.29 is 9.53 Å². The van der Waals surface area contributed by atoms with E-state index in [0.717, 1.165) is 23.1 Å².